The number of carboxylic acid groups (broad SMARTS) is 1. The summed E-state index contributed by atoms with van der Waals surface area (Å²) in [6.07, 6.45) is 1.54. The number of carbonyl (C=O) groups excluding carboxylic acids is 2. The molecule has 0 spiro atoms. The molecule has 0 saturated heterocycles. The van der Waals surface area contributed by atoms with Crippen LogP contribution >= 0.6 is 0 Å². The molecule has 0 aliphatic heterocycles. The molecule has 0 aliphatic rings. The molecule has 222 valence electrons. The first-order chi connectivity index (χ1) is 20.8. The third-order valence-corrected chi connectivity index (χ3v) is 6.89. The van der Waals surface area contributed by atoms with Crippen molar-refractivity contribution in [2.24, 2.45) is 5.73 Å². The first-order valence-electron chi connectivity index (χ1n) is 14.0. The number of aryl methyl sites for hydroxylation is 1. The number of phenols is 1. The topological polar surface area (TPSA) is 151 Å². The van der Waals surface area contributed by atoms with E-state index < -0.39 is 29.9 Å². The molecule has 0 bridgehead atoms. The monoisotopic (exact) mass is 581 g/mol. The molecule has 4 aromatic rings. The summed E-state index contributed by atoms with van der Waals surface area (Å²) in [7, 11) is 0. The molecule has 9 heteroatoms. The van der Waals surface area contributed by atoms with Gasteiger partial charge in [-0.25, -0.2) is 4.79 Å². The number of carbonyl (C=O) groups is 3. The smallest absolute Gasteiger partial charge is 0.326 e. The third kappa shape index (κ3) is 9.44. The summed E-state index contributed by atoms with van der Waals surface area (Å²) in [5.41, 5.74) is 9.49. The number of anilines is 1. The van der Waals surface area contributed by atoms with E-state index in [-0.39, 0.29) is 30.1 Å². The molecule has 0 aliphatic carbocycles. The van der Waals surface area contributed by atoms with Crippen LogP contribution in [0.5, 0.6) is 11.5 Å². The molecule has 2 amide bonds. The minimum absolute atomic E-state index is 0.156. The molecule has 0 fully saturated rings. The summed E-state index contributed by atoms with van der Waals surface area (Å²) in [5.74, 6) is -1.74. The number of benzene rings is 4. The minimum atomic E-state index is -1.13. The molecule has 9 nitrogen and oxygen atoms in total. The molecule has 4 aromatic carbocycles. The van der Waals surface area contributed by atoms with E-state index in [2.05, 4.69) is 10.6 Å². The van der Waals surface area contributed by atoms with E-state index >= 15 is 0 Å². The molecule has 0 saturated carbocycles. The van der Waals surface area contributed by atoms with E-state index in [4.69, 9.17) is 10.5 Å². The molecule has 6 N–H and O–H groups in total. The lowest BCUT2D eigenvalue weighted by molar-refractivity contribution is -0.139. The average molecular weight is 582 g/mol. The van der Waals surface area contributed by atoms with Crippen LogP contribution in [0, 0.1) is 0 Å². The molecule has 4 rings (SSSR count). The first-order valence-corrected chi connectivity index (χ1v) is 14.0. The summed E-state index contributed by atoms with van der Waals surface area (Å²) >= 11 is 0. The van der Waals surface area contributed by atoms with Gasteiger partial charge in [-0.3, -0.25) is 9.59 Å². The molecule has 0 unspecified atom stereocenters. The van der Waals surface area contributed by atoms with Gasteiger partial charge in [-0.15, -0.1) is 0 Å². The Kier molecular flexibility index (Phi) is 10.9. The molecule has 0 heterocycles. The number of nitrogens with one attached hydrogen (secondary N) is 2. The van der Waals surface area contributed by atoms with E-state index in [9.17, 15) is 24.6 Å². The molecule has 0 aromatic heterocycles. The second-order valence-electron chi connectivity index (χ2n) is 10.1. The third-order valence-electron chi connectivity index (χ3n) is 6.89. The van der Waals surface area contributed by atoms with Crippen molar-refractivity contribution in [3.8, 4) is 11.5 Å². The van der Waals surface area contributed by atoms with Crippen molar-refractivity contribution in [2.75, 3.05) is 11.9 Å². The highest BCUT2D eigenvalue weighted by Gasteiger charge is 2.22. The van der Waals surface area contributed by atoms with Gasteiger partial charge < -0.3 is 31.3 Å². The minimum Gasteiger partial charge on any atom is -0.508 e. The van der Waals surface area contributed by atoms with Gasteiger partial charge >= 0.3 is 5.97 Å². The SMILES string of the molecule is N[C@@H](Cc1ccccc1)C(=O)Nc1ccc(C(=O)N[C@@H](CCc2ccccc2)C(=O)O)cc1OCCc1ccc(O)cc1. The van der Waals surface area contributed by atoms with Gasteiger partial charge in [-0.05, 0) is 66.3 Å². The van der Waals surface area contributed by atoms with Crippen molar-refractivity contribution < 1.29 is 29.3 Å². The highest BCUT2D eigenvalue weighted by molar-refractivity contribution is 6.00. The number of phenolic OH excluding ortho intramolecular Hbond substituents is 1. The maximum absolute atomic E-state index is 13.1. The Balaban J connectivity index is 1.48. The van der Waals surface area contributed by atoms with Gasteiger partial charge in [-0.2, -0.15) is 0 Å². The largest absolute Gasteiger partial charge is 0.508 e. The van der Waals surface area contributed by atoms with Gasteiger partial charge in [-0.1, -0.05) is 72.8 Å². The fourth-order valence-corrected chi connectivity index (χ4v) is 4.47. The lowest BCUT2D eigenvalue weighted by atomic mass is 10.0. The summed E-state index contributed by atoms with van der Waals surface area (Å²) in [5, 5.41) is 24.7. The predicted molar refractivity (Wildman–Crippen MR) is 164 cm³/mol. The number of hydrogen-bond donors (Lipinski definition) is 5. The van der Waals surface area contributed by atoms with Crippen LogP contribution < -0.4 is 21.1 Å². The van der Waals surface area contributed by atoms with Gasteiger partial charge in [0.15, 0.2) is 0 Å². The summed E-state index contributed by atoms with van der Waals surface area (Å²) in [6, 6.07) is 28.2. The van der Waals surface area contributed by atoms with E-state index in [1.54, 1.807) is 24.3 Å². The van der Waals surface area contributed by atoms with Crippen LogP contribution in [0.2, 0.25) is 0 Å². The molecular formula is C34H35N3O6. The Labute approximate surface area is 250 Å². The standard InChI is InChI=1S/C34H35N3O6/c35-28(21-25-9-5-2-6-10-25)33(40)36-29-18-14-26(22-31(29)43-20-19-24-11-15-27(38)16-12-24)32(39)37-30(34(41)42)17-13-23-7-3-1-4-8-23/h1-12,14-16,18,22,28,30,38H,13,17,19-21,35H2,(H,36,40)(H,37,39)(H,41,42)/t28-,30-/m0/s1. The lowest BCUT2D eigenvalue weighted by Gasteiger charge is -2.18. The van der Waals surface area contributed by atoms with Crippen LogP contribution in [0.25, 0.3) is 0 Å². The number of carboxylic acids is 1. The van der Waals surface area contributed by atoms with Gasteiger partial charge in [0.2, 0.25) is 5.91 Å². The van der Waals surface area contributed by atoms with E-state index in [1.807, 2.05) is 60.7 Å². The van der Waals surface area contributed by atoms with E-state index in [0.717, 1.165) is 16.7 Å². The highest BCUT2D eigenvalue weighted by atomic mass is 16.5. The van der Waals surface area contributed by atoms with Crippen molar-refractivity contribution >= 4 is 23.5 Å². The second-order valence-corrected chi connectivity index (χ2v) is 10.1. The number of aliphatic carboxylic acids is 1. The van der Waals surface area contributed by atoms with Crippen molar-refractivity contribution in [1.82, 2.24) is 5.32 Å². The van der Waals surface area contributed by atoms with E-state index in [1.165, 1.54) is 18.2 Å². The van der Waals surface area contributed by atoms with Crippen LogP contribution in [-0.2, 0) is 28.9 Å². The lowest BCUT2D eigenvalue weighted by Crippen LogP contribution is -2.41. The fourth-order valence-electron chi connectivity index (χ4n) is 4.47. The van der Waals surface area contributed by atoms with Crippen molar-refractivity contribution in [2.45, 2.75) is 37.8 Å². The van der Waals surface area contributed by atoms with Crippen LogP contribution in [-0.4, -0.2) is 46.7 Å². The predicted octanol–water partition coefficient (Wildman–Crippen LogP) is 4.34. The molecule has 0 radical (unpaired) electrons. The Morgan fingerprint density at radius 3 is 2.07 bits per heavy atom. The van der Waals surface area contributed by atoms with Gasteiger partial charge in [0, 0.05) is 12.0 Å². The van der Waals surface area contributed by atoms with E-state index in [0.29, 0.717) is 24.9 Å². The number of aromatic hydroxyl groups is 1. The van der Waals surface area contributed by atoms with Crippen molar-refractivity contribution in [1.29, 1.82) is 0 Å². The Bertz CT molecular complexity index is 1510. The normalized spacial score (nSPS) is 12.1. The number of nitrogens with two attached hydrogens (primary N) is 1. The highest BCUT2D eigenvalue weighted by Crippen LogP contribution is 2.27. The Morgan fingerprint density at radius 1 is 0.791 bits per heavy atom. The summed E-state index contributed by atoms with van der Waals surface area (Å²) in [6.45, 7) is 0.212. The summed E-state index contributed by atoms with van der Waals surface area (Å²) < 4.78 is 6.00. The second kappa shape index (κ2) is 15.2. The number of rotatable bonds is 14. The van der Waals surface area contributed by atoms with Crippen LogP contribution in [0.3, 0.4) is 0 Å². The average Bonchev–Trinajstić information content (AvgIpc) is 3.01. The maximum atomic E-state index is 13.1. The zero-order chi connectivity index (χ0) is 30.6. The first kappa shape index (κ1) is 30.8. The molecule has 2 atom stereocenters. The van der Waals surface area contributed by atoms with Gasteiger partial charge in [0.05, 0.1) is 18.3 Å². The van der Waals surface area contributed by atoms with Crippen LogP contribution in [0.4, 0.5) is 5.69 Å². The Hall–Kier alpha value is -5.15. The quantitative estimate of drug-likeness (QED) is 0.149. The number of hydrogen-bond acceptors (Lipinski definition) is 6. The molecule has 43 heavy (non-hydrogen) atoms. The van der Waals surface area contributed by atoms with Crippen molar-refractivity contribution in [3.05, 3.63) is 125 Å². The zero-order valence-electron chi connectivity index (χ0n) is 23.6. The van der Waals surface area contributed by atoms with Gasteiger partial charge in [0.25, 0.3) is 5.91 Å². The molecular weight excluding hydrogens is 546 g/mol. The number of amides is 2. The number of ether oxygens (including phenoxy) is 1. The van der Waals surface area contributed by atoms with Crippen LogP contribution in [0.15, 0.2) is 103 Å². The fraction of sp³-hybridized carbons (Fsp3) is 0.206. The van der Waals surface area contributed by atoms with Crippen molar-refractivity contribution in [3.63, 3.8) is 0 Å². The maximum Gasteiger partial charge on any atom is 0.326 e. The van der Waals surface area contributed by atoms with Crippen LogP contribution in [0.1, 0.15) is 33.5 Å². The Morgan fingerprint density at radius 2 is 1.42 bits per heavy atom. The van der Waals surface area contributed by atoms with Gasteiger partial charge in [0.1, 0.15) is 17.5 Å². The zero-order valence-corrected chi connectivity index (χ0v) is 23.6. The summed E-state index contributed by atoms with van der Waals surface area (Å²) in [4.78, 5) is 38.0.